The molecule has 1 rings (SSSR count). The fourth-order valence-electron chi connectivity index (χ4n) is 2.14. The van der Waals surface area contributed by atoms with Crippen molar-refractivity contribution in [2.75, 3.05) is 6.54 Å². The van der Waals surface area contributed by atoms with Gasteiger partial charge in [0.25, 0.3) is 0 Å². The van der Waals surface area contributed by atoms with E-state index >= 15 is 0 Å². The van der Waals surface area contributed by atoms with E-state index in [1.165, 1.54) is 0 Å². The van der Waals surface area contributed by atoms with E-state index in [2.05, 4.69) is 0 Å². The average molecular weight is 298 g/mol. The lowest BCUT2D eigenvalue weighted by atomic mass is 10.1. The van der Waals surface area contributed by atoms with Gasteiger partial charge in [0.1, 0.15) is 0 Å². The third kappa shape index (κ3) is 3.81. The Morgan fingerprint density at radius 2 is 1.80 bits per heavy atom. The van der Waals surface area contributed by atoms with Crippen LogP contribution < -0.4 is 5.73 Å². The lowest BCUT2D eigenvalue weighted by molar-refractivity contribution is 0.319. The Hall–Kier alpha value is -0.910. The first-order valence-corrected chi connectivity index (χ1v) is 8.45. The van der Waals surface area contributed by atoms with Gasteiger partial charge in [0.05, 0.1) is 4.90 Å². The summed E-state index contributed by atoms with van der Waals surface area (Å²) in [6.45, 7) is 10.7. The van der Waals surface area contributed by atoms with Crippen LogP contribution in [0.3, 0.4) is 0 Å². The molecule has 4 nitrogen and oxygen atoms in total. The summed E-state index contributed by atoms with van der Waals surface area (Å²) in [6, 6.07) is 5.11. The van der Waals surface area contributed by atoms with Crippen molar-refractivity contribution in [3.63, 3.8) is 0 Å². The van der Waals surface area contributed by atoms with E-state index in [4.69, 9.17) is 5.73 Å². The number of hydrogen-bond acceptors (Lipinski definition) is 3. The quantitative estimate of drug-likeness (QED) is 0.877. The molecule has 0 aliphatic heterocycles. The normalized spacial score (nSPS) is 12.7. The maximum absolute atomic E-state index is 12.8. The molecular formula is C15H26N2O2S. The van der Waals surface area contributed by atoms with Gasteiger partial charge in [0.15, 0.2) is 0 Å². The van der Waals surface area contributed by atoms with Crippen LogP contribution in [0.2, 0.25) is 0 Å². The van der Waals surface area contributed by atoms with Crippen LogP contribution in [-0.2, 0) is 16.6 Å². The Bertz CT molecular complexity index is 551. The van der Waals surface area contributed by atoms with Crippen LogP contribution in [0.1, 0.15) is 38.8 Å². The van der Waals surface area contributed by atoms with Crippen LogP contribution in [0, 0.1) is 12.8 Å². The molecule has 20 heavy (non-hydrogen) atoms. The molecule has 1 aromatic carbocycles. The third-order valence-electron chi connectivity index (χ3n) is 3.26. The highest BCUT2D eigenvalue weighted by atomic mass is 32.2. The Morgan fingerprint density at radius 1 is 1.20 bits per heavy atom. The number of nitrogens with zero attached hydrogens (tertiary/aromatic N) is 1. The summed E-state index contributed by atoms with van der Waals surface area (Å²) in [7, 11) is -3.45. The van der Waals surface area contributed by atoms with Crippen molar-refractivity contribution in [1.29, 1.82) is 0 Å². The van der Waals surface area contributed by atoms with Gasteiger partial charge in [-0.2, -0.15) is 4.31 Å². The molecule has 0 aromatic heterocycles. The van der Waals surface area contributed by atoms with Crippen LogP contribution >= 0.6 is 0 Å². The van der Waals surface area contributed by atoms with E-state index in [1.54, 1.807) is 22.5 Å². The van der Waals surface area contributed by atoms with Gasteiger partial charge in [-0.3, -0.25) is 0 Å². The first kappa shape index (κ1) is 17.1. The topological polar surface area (TPSA) is 63.4 Å². The second kappa shape index (κ2) is 6.70. The molecule has 114 valence electrons. The van der Waals surface area contributed by atoms with Crippen molar-refractivity contribution in [3.8, 4) is 0 Å². The first-order valence-electron chi connectivity index (χ1n) is 7.01. The summed E-state index contributed by atoms with van der Waals surface area (Å²) >= 11 is 0. The van der Waals surface area contributed by atoms with Crippen LogP contribution in [-0.4, -0.2) is 25.3 Å². The van der Waals surface area contributed by atoms with Gasteiger partial charge in [0.2, 0.25) is 10.0 Å². The monoisotopic (exact) mass is 298 g/mol. The van der Waals surface area contributed by atoms with E-state index in [9.17, 15) is 8.42 Å². The number of aryl methyl sites for hydroxylation is 1. The van der Waals surface area contributed by atoms with Gasteiger partial charge < -0.3 is 5.73 Å². The summed E-state index contributed by atoms with van der Waals surface area (Å²) in [5.74, 6) is 0.289. The van der Waals surface area contributed by atoms with Crippen molar-refractivity contribution in [2.24, 2.45) is 11.7 Å². The fourth-order valence-corrected chi connectivity index (χ4v) is 4.03. The smallest absolute Gasteiger partial charge is 0.243 e. The van der Waals surface area contributed by atoms with Gasteiger partial charge in [-0.05, 0) is 49.9 Å². The molecule has 0 aliphatic rings. The van der Waals surface area contributed by atoms with Crippen LogP contribution in [0.15, 0.2) is 23.1 Å². The molecule has 0 fully saturated rings. The molecule has 0 bridgehead atoms. The van der Waals surface area contributed by atoms with E-state index in [0.29, 0.717) is 18.0 Å². The molecule has 1 aromatic rings. The zero-order valence-corrected chi connectivity index (χ0v) is 13.9. The number of benzene rings is 1. The summed E-state index contributed by atoms with van der Waals surface area (Å²) in [5.41, 5.74) is 7.52. The molecule has 0 spiro atoms. The lowest BCUT2D eigenvalue weighted by Crippen LogP contribution is -2.39. The SMILES string of the molecule is Cc1cc(S(=O)(=O)N(CC(C)C)C(C)C)ccc1CN. The number of hydrogen-bond donors (Lipinski definition) is 1. The first-order chi connectivity index (χ1) is 9.20. The zero-order valence-electron chi connectivity index (χ0n) is 13.1. The minimum Gasteiger partial charge on any atom is -0.326 e. The predicted octanol–water partition coefficient (Wildman–Crippen LogP) is 2.51. The molecule has 0 heterocycles. The number of rotatable bonds is 6. The van der Waals surface area contributed by atoms with Crippen molar-refractivity contribution >= 4 is 10.0 Å². The Labute approximate surface area is 123 Å². The largest absolute Gasteiger partial charge is 0.326 e. The maximum Gasteiger partial charge on any atom is 0.243 e. The maximum atomic E-state index is 12.8. The molecule has 0 saturated heterocycles. The van der Waals surface area contributed by atoms with Gasteiger partial charge in [-0.15, -0.1) is 0 Å². The van der Waals surface area contributed by atoms with E-state index < -0.39 is 10.0 Å². The molecule has 0 aliphatic carbocycles. The molecule has 0 amide bonds. The highest BCUT2D eigenvalue weighted by Gasteiger charge is 2.27. The standard InChI is InChI=1S/C15H26N2O2S/c1-11(2)10-17(12(3)4)20(18,19)15-7-6-14(9-16)13(5)8-15/h6-8,11-12H,9-10,16H2,1-5H3. The summed E-state index contributed by atoms with van der Waals surface area (Å²) in [6.07, 6.45) is 0. The molecule has 0 radical (unpaired) electrons. The average Bonchev–Trinajstić information content (AvgIpc) is 2.35. The van der Waals surface area contributed by atoms with Gasteiger partial charge in [-0.25, -0.2) is 8.42 Å². The Morgan fingerprint density at radius 3 is 2.20 bits per heavy atom. The molecule has 2 N–H and O–H groups in total. The molecule has 5 heteroatoms. The molecular weight excluding hydrogens is 272 g/mol. The number of sulfonamides is 1. The van der Waals surface area contributed by atoms with Crippen LogP contribution in [0.5, 0.6) is 0 Å². The van der Waals surface area contributed by atoms with Crippen molar-refractivity contribution in [3.05, 3.63) is 29.3 Å². The highest BCUT2D eigenvalue weighted by molar-refractivity contribution is 7.89. The highest BCUT2D eigenvalue weighted by Crippen LogP contribution is 2.22. The molecule has 0 saturated carbocycles. The van der Waals surface area contributed by atoms with Gasteiger partial charge in [0, 0.05) is 19.1 Å². The van der Waals surface area contributed by atoms with Crippen molar-refractivity contribution in [2.45, 2.75) is 52.1 Å². The van der Waals surface area contributed by atoms with E-state index in [0.717, 1.165) is 11.1 Å². The van der Waals surface area contributed by atoms with Crippen molar-refractivity contribution < 1.29 is 8.42 Å². The van der Waals surface area contributed by atoms with Crippen molar-refractivity contribution in [1.82, 2.24) is 4.31 Å². The second-order valence-electron chi connectivity index (χ2n) is 5.85. The predicted molar refractivity (Wildman–Crippen MR) is 82.9 cm³/mol. The van der Waals surface area contributed by atoms with E-state index in [1.807, 2.05) is 34.6 Å². The summed E-state index contributed by atoms with van der Waals surface area (Å²) in [4.78, 5) is 0.349. The van der Waals surface area contributed by atoms with Gasteiger partial charge >= 0.3 is 0 Å². The minimum atomic E-state index is -3.45. The van der Waals surface area contributed by atoms with Crippen LogP contribution in [0.25, 0.3) is 0 Å². The molecule has 0 unspecified atom stereocenters. The third-order valence-corrected chi connectivity index (χ3v) is 5.30. The lowest BCUT2D eigenvalue weighted by Gasteiger charge is -2.27. The van der Waals surface area contributed by atoms with Gasteiger partial charge in [-0.1, -0.05) is 19.9 Å². The summed E-state index contributed by atoms with van der Waals surface area (Å²) in [5, 5.41) is 0. The fraction of sp³-hybridized carbons (Fsp3) is 0.600. The second-order valence-corrected chi connectivity index (χ2v) is 7.75. The van der Waals surface area contributed by atoms with E-state index in [-0.39, 0.29) is 12.0 Å². The van der Waals surface area contributed by atoms with Crippen LogP contribution in [0.4, 0.5) is 0 Å². The molecule has 0 atom stereocenters. The Balaban J connectivity index is 3.23. The zero-order chi connectivity index (χ0) is 15.5. The Kier molecular flexibility index (Phi) is 5.74. The summed E-state index contributed by atoms with van der Waals surface area (Å²) < 4.78 is 27.1. The minimum absolute atomic E-state index is 0.0584. The number of nitrogens with two attached hydrogens (primary N) is 1.